The SMILES string of the molecule is CCOP(=O)(NC(N)=S)OCC. The molecule has 0 spiro atoms. The molecular formula is C5H13N2O3PS. The fraction of sp³-hybridized carbons (Fsp3) is 0.800. The number of hydrogen-bond donors (Lipinski definition) is 2. The molecule has 0 rings (SSSR count). The Morgan fingerprint density at radius 3 is 2.17 bits per heavy atom. The second kappa shape index (κ2) is 5.48. The summed E-state index contributed by atoms with van der Waals surface area (Å²) in [5, 5.41) is 2.18. The molecule has 0 fully saturated rings. The van der Waals surface area contributed by atoms with Crippen LogP contribution in [0.1, 0.15) is 13.8 Å². The van der Waals surface area contributed by atoms with Gasteiger partial charge in [-0.1, -0.05) is 0 Å². The van der Waals surface area contributed by atoms with E-state index >= 15 is 0 Å². The van der Waals surface area contributed by atoms with Crippen molar-refractivity contribution in [3.05, 3.63) is 0 Å². The van der Waals surface area contributed by atoms with Gasteiger partial charge in [-0.25, -0.2) is 4.57 Å². The van der Waals surface area contributed by atoms with Gasteiger partial charge in [0, 0.05) is 0 Å². The minimum Gasteiger partial charge on any atom is -0.376 e. The van der Waals surface area contributed by atoms with Crippen LogP contribution in [0.5, 0.6) is 0 Å². The fourth-order valence-electron chi connectivity index (χ4n) is 0.577. The lowest BCUT2D eigenvalue weighted by Gasteiger charge is -2.16. The highest BCUT2D eigenvalue weighted by Crippen LogP contribution is 2.42. The molecule has 0 atom stereocenters. The van der Waals surface area contributed by atoms with E-state index in [1.165, 1.54) is 0 Å². The van der Waals surface area contributed by atoms with Gasteiger partial charge in [0.15, 0.2) is 5.11 Å². The van der Waals surface area contributed by atoms with E-state index in [-0.39, 0.29) is 18.3 Å². The van der Waals surface area contributed by atoms with E-state index in [4.69, 9.17) is 14.8 Å². The Bertz CT molecular complexity index is 189. The molecule has 0 aromatic heterocycles. The molecule has 0 radical (unpaired) electrons. The molecule has 0 saturated heterocycles. The fourth-order valence-corrected chi connectivity index (χ4v) is 2.07. The summed E-state index contributed by atoms with van der Waals surface area (Å²) in [5.74, 6) is 0. The summed E-state index contributed by atoms with van der Waals surface area (Å²) >= 11 is 4.51. The highest BCUT2D eigenvalue weighted by atomic mass is 32.1. The van der Waals surface area contributed by atoms with Gasteiger partial charge < -0.3 is 5.73 Å². The Morgan fingerprint density at radius 2 is 1.92 bits per heavy atom. The molecule has 0 bridgehead atoms. The van der Waals surface area contributed by atoms with Crippen molar-refractivity contribution in [1.82, 2.24) is 5.09 Å². The summed E-state index contributed by atoms with van der Waals surface area (Å²) in [4.78, 5) is 0. The minimum absolute atomic E-state index is 0.0970. The van der Waals surface area contributed by atoms with E-state index in [1.54, 1.807) is 13.8 Å². The minimum atomic E-state index is -3.29. The van der Waals surface area contributed by atoms with Crippen molar-refractivity contribution in [3.63, 3.8) is 0 Å². The average Bonchev–Trinajstić information content (AvgIpc) is 1.85. The van der Waals surface area contributed by atoms with Crippen LogP contribution in [0.25, 0.3) is 0 Å². The van der Waals surface area contributed by atoms with Gasteiger partial charge in [0.25, 0.3) is 0 Å². The van der Waals surface area contributed by atoms with Crippen LogP contribution in [0.15, 0.2) is 0 Å². The maximum Gasteiger partial charge on any atom is 0.434 e. The van der Waals surface area contributed by atoms with Crippen LogP contribution in [0, 0.1) is 0 Å². The molecule has 0 saturated carbocycles. The zero-order chi connectivity index (χ0) is 9.61. The summed E-state index contributed by atoms with van der Waals surface area (Å²) < 4.78 is 21.2. The number of hydrogen-bond acceptors (Lipinski definition) is 4. The Balaban J connectivity index is 4.18. The van der Waals surface area contributed by atoms with Crippen LogP contribution in [0.3, 0.4) is 0 Å². The second-order valence-corrected chi connectivity index (χ2v) is 3.98. The molecular weight excluding hydrogens is 199 g/mol. The van der Waals surface area contributed by atoms with Crippen molar-refractivity contribution in [1.29, 1.82) is 0 Å². The first-order valence-corrected chi connectivity index (χ1v) is 5.46. The van der Waals surface area contributed by atoms with Gasteiger partial charge >= 0.3 is 7.75 Å². The third-order valence-corrected chi connectivity index (χ3v) is 2.81. The van der Waals surface area contributed by atoms with E-state index < -0.39 is 7.75 Å². The molecule has 0 unspecified atom stereocenters. The van der Waals surface area contributed by atoms with Gasteiger partial charge in [-0.05, 0) is 26.1 Å². The lowest BCUT2D eigenvalue weighted by molar-refractivity contribution is 0.216. The van der Waals surface area contributed by atoms with Crippen molar-refractivity contribution >= 4 is 25.1 Å². The Kier molecular flexibility index (Phi) is 5.41. The smallest absolute Gasteiger partial charge is 0.376 e. The van der Waals surface area contributed by atoms with Crippen LogP contribution in [0.4, 0.5) is 0 Å². The lowest BCUT2D eigenvalue weighted by Crippen LogP contribution is -2.28. The monoisotopic (exact) mass is 212 g/mol. The maximum atomic E-state index is 11.5. The summed E-state index contributed by atoms with van der Waals surface area (Å²) in [6.45, 7) is 3.94. The summed E-state index contributed by atoms with van der Waals surface area (Å²) in [7, 11) is -3.29. The largest absolute Gasteiger partial charge is 0.434 e. The molecule has 12 heavy (non-hydrogen) atoms. The second-order valence-electron chi connectivity index (χ2n) is 1.81. The highest BCUT2D eigenvalue weighted by molar-refractivity contribution is 7.81. The van der Waals surface area contributed by atoms with E-state index in [1.807, 2.05) is 0 Å². The van der Waals surface area contributed by atoms with Crippen LogP contribution < -0.4 is 10.8 Å². The standard InChI is InChI=1S/C5H13N2O3PS/c1-3-9-11(8,10-4-2)7-5(6)12/h3-4H2,1-2H3,(H3,6,7,8,12). The third-order valence-electron chi connectivity index (χ3n) is 0.845. The molecule has 5 nitrogen and oxygen atoms in total. The van der Waals surface area contributed by atoms with Gasteiger partial charge in [-0.2, -0.15) is 0 Å². The van der Waals surface area contributed by atoms with Crippen LogP contribution in [-0.2, 0) is 13.6 Å². The Hall–Kier alpha value is -0.160. The van der Waals surface area contributed by atoms with Gasteiger partial charge in [0.2, 0.25) is 0 Å². The molecule has 0 heterocycles. The number of nitrogens with two attached hydrogens (primary N) is 1. The predicted molar refractivity (Wildman–Crippen MR) is 50.8 cm³/mol. The Morgan fingerprint density at radius 1 is 1.50 bits per heavy atom. The van der Waals surface area contributed by atoms with Crippen LogP contribution in [0.2, 0.25) is 0 Å². The zero-order valence-corrected chi connectivity index (χ0v) is 8.78. The Labute approximate surface area is 77.2 Å². The normalized spacial score (nSPS) is 11.2. The van der Waals surface area contributed by atoms with Crippen LogP contribution in [-0.4, -0.2) is 18.3 Å². The van der Waals surface area contributed by atoms with Gasteiger partial charge in [-0.3, -0.25) is 14.1 Å². The maximum absolute atomic E-state index is 11.5. The first kappa shape index (κ1) is 11.8. The lowest BCUT2D eigenvalue weighted by atomic mass is 10.9. The van der Waals surface area contributed by atoms with E-state index in [0.717, 1.165) is 0 Å². The third kappa shape index (κ3) is 4.66. The van der Waals surface area contributed by atoms with E-state index in [9.17, 15) is 4.57 Å². The number of nitrogens with one attached hydrogen (secondary N) is 1. The predicted octanol–water partition coefficient (Wildman–Crippen LogP) is 1.00. The van der Waals surface area contributed by atoms with Crippen LogP contribution >= 0.6 is 20.0 Å². The van der Waals surface area contributed by atoms with Crippen molar-refractivity contribution < 1.29 is 13.6 Å². The summed E-state index contributed by atoms with van der Waals surface area (Å²) in [6, 6.07) is 0. The topological polar surface area (TPSA) is 73.6 Å². The molecule has 0 aliphatic rings. The van der Waals surface area contributed by atoms with E-state index in [2.05, 4.69) is 17.3 Å². The van der Waals surface area contributed by atoms with Crippen molar-refractivity contribution in [2.75, 3.05) is 13.2 Å². The summed E-state index contributed by atoms with van der Waals surface area (Å²) in [5.41, 5.74) is 5.13. The number of thiocarbonyl (C=S) groups is 1. The van der Waals surface area contributed by atoms with Gasteiger partial charge in [0.05, 0.1) is 13.2 Å². The van der Waals surface area contributed by atoms with Gasteiger partial charge in [-0.15, -0.1) is 0 Å². The highest BCUT2D eigenvalue weighted by Gasteiger charge is 2.23. The molecule has 3 N–H and O–H groups in total. The van der Waals surface area contributed by atoms with Crippen molar-refractivity contribution in [2.24, 2.45) is 5.73 Å². The first-order chi connectivity index (χ1) is 5.54. The van der Waals surface area contributed by atoms with Crippen molar-refractivity contribution in [2.45, 2.75) is 13.8 Å². The van der Waals surface area contributed by atoms with Gasteiger partial charge in [0.1, 0.15) is 0 Å². The number of rotatable bonds is 5. The molecule has 0 aromatic rings. The summed E-state index contributed by atoms with van der Waals surface area (Å²) in [6.07, 6.45) is 0. The molecule has 0 amide bonds. The quantitative estimate of drug-likeness (QED) is 0.523. The van der Waals surface area contributed by atoms with Crippen molar-refractivity contribution in [3.8, 4) is 0 Å². The zero-order valence-electron chi connectivity index (χ0n) is 7.07. The average molecular weight is 212 g/mol. The molecule has 7 heteroatoms. The molecule has 0 aliphatic heterocycles. The molecule has 0 aromatic carbocycles. The van der Waals surface area contributed by atoms with E-state index in [0.29, 0.717) is 0 Å². The first-order valence-electron chi connectivity index (χ1n) is 3.51. The molecule has 72 valence electrons. The molecule has 0 aliphatic carbocycles.